The summed E-state index contributed by atoms with van der Waals surface area (Å²) in [5.74, 6) is 1.30. The molecule has 0 atom stereocenters. The molecule has 0 saturated heterocycles. The van der Waals surface area contributed by atoms with Gasteiger partial charge in [0, 0.05) is 5.02 Å². The molecule has 0 fully saturated rings. The van der Waals surface area contributed by atoms with E-state index in [0.717, 1.165) is 16.8 Å². The summed E-state index contributed by atoms with van der Waals surface area (Å²) in [6.07, 6.45) is 3.24. The van der Waals surface area contributed by atoms with Gasteiger partial charge in [0.2, 0.25) is 0 Å². The molecule has 124 valence electrons. The number of anilines is 2. The van der Waals surface area contributed by atoms with Crippen molar-refractivity contribution in [3.05, 3.63) is 66.1 Å². The zero-order chi connectivity index (χ0) is 17.2. The molecular weight excluding hydrogens is 338 g/mol. The second-order valence-corrected chi connectivity index (χ2v) is 5.76. The summed E-state index contributed by atoms with van der Waals surface area (Å²) < 4.78 is 7.15. The molecule has 6 nitrogen and oxygen atoms in total. The molecule has 2 aromatic carbocycles. The van der Waals surface area contributed by atoms with Gasteiger partial charge in [0.1, 0.15) is 17.9 Å². The molecule has 0 aliphatic rings. The monoisotopic (exact) mass is 351 g/mol. The molecule has 0 spiro atoms. The summed E-state index contributed by atoms with van der Waals surface area (Å²) in [5, 5.41) is 9.11. The summed E-state index contributed by atoms with van der Waals surface area (Å²) >= 11 is 6.10. The van der Waals surface area contributed by atoms with Gasteiger partial charge in [-0.1, -0.05) is 29.8 Å². The molecule has 0 aliphatic heterocycles. The summed E-state index contributed by atoms with van der Waals surface area (Å²) in [7, 11) is 1.61. The van der Waals surface area contributed by atoms with Gasteiger partial charge in [-0.05, 0) is 30.3 Å². The van der Waals surface area contributed by atoms with Crippen LogP contribution in [0.15, 0.2) is 61.1 Å². The Morgan fingerprint density at radius 1 is 1.08 bits per heavy atom. The lowest BCUT2D eigenvalue weighted by atomic mass is 10.2. The fourth-order valence-corrected chi connectivity index (χ4v) is 2.78. The Kier molecular flexibility index (Phi) is 3.95. The lowest BCUT2D eigenvalue weighted by Gasteiger charge is -2.11. The first-order valence-corrected chi connectivity index (χ1v) is 7.99. The van der Waals surface area contributed by atoms with Crippen LogP contribution in [0, 0.1) is 0 Å². The molecule has 1 N–H and O–H groups in total. The summed E-state index contributed by atoms with van der Waals surface area (Å²) in [6, 6.07) is 15.2. The van der Waals surface area contributed by atoms with Crippen LogP contribution in [0.2, 0.25) is 5.02 Å². The van der Waals surface area contributed by atoms with Crippen molar-refractivity contribution in [3.63, 3.8) is 0 Å². The molecule has 4 rings (SSSR count). The number of nitrogens with zero attached hydrogens (tertiary/aromatic N) is 4. The van der Waals surface area contributed by atoms with Gasteiger partial charge in [0.15, 0.2) is 5.65 Å². The number of nitrogens with one attached hydrogen (secondary N) is 1. The predicted molar refractivity (Wildman–Crippen MR) is 97.9 cm³/mol. The Bertz CT molecular complexity index is 1030. The van der Waals surface area contributed by atoms with Crippen molar-refractivity contribution in [2.45, 2.75) is 0 Å². The van der Waals surface area contributed by atoms with Crippen LogP contribution in [0.5, 0.6) is 5.75 Å². The minimum Gasteiger partial charge on any atom is -0.495 e. The van der Waals surface area contributed by atoms with Crippen LogP contribution in [0.1, 0.15) is 0 Å². The molecule has 2 aromatic heterocycles. The standard InChI is InChI=1S/C18H14ClN5O/c1-25-16-8-7-12(19)9-15(16)23-17-14-10-22-24(18(14)21-11-20-17)13-5-3-2-4-6-13/h2-11H,1H3,(H,20,21,23). The lowest BCUT2D eigenvalue weighted by Crippen LogP contribution is -2.00. The lowest BCUT2D eigenvalue weighted by molar-refractivity contribution is 0.417. The minimum absolute atomic E-state index is 0.605. The van der Waals surface area contributed by atoms with Crippen molar-refractivity contribution in [2.75, 3.05) is 12.4 Å². The number of aromatic nitrogens is 4. The number of hydrogen-bond donors (Lipinski definition) is 1. The fourth-order valence-electron chi connectivity index (χ4n) is 2.61. The number of para-hydroxylation sites is 1. The molecule has 25 heavy (non-hydrogen) atoms. The van der Waals surface area contributed by atoms with Gasteiger partial charge in [-0.25, -0.2) is 14.6 Å². The van der Waals surface area contributed by atoms with E-state index in [1.165, 1.54) is 6.33 Å². The van der Waals surface area contributed by atoms with Gasteiger partial charge in [0.25, 0.3) is 0 Å². The van der Waals surface area contributed by atoms with Crippen LogP contribution in [0.4, 0.5) is 11.5 Å². The van der Waals surface area contributed by atoms with E-state index in [0.29, 0.717) is 22.2 Å². The molecule has 0 bridgehead atoms. The first-order valence-electron chi connectivity index (χ1n) is 7.61. The van der Waals surface area contributed by atoms with E-state index in [4.69, 9.17) is 16.3 Å². The maximum absolute atomic E-state index is 6.10. The van der Waals surface area contributed by atoms with Gasteiger partial charge in [-0.15, -0.1) is 0 Å². The largest absolute Gasteiger partial charge is 0.495 e. The number of fused-ring (bicyclic) bond motifs is 1. The van der Waals surface area contributed by atoms with Crippen LogP contribution in [-0.2, 0) is 0 Å². The Balaban J connectivity index is 1.80. The molecular formula is C18H14ClN5O. The molecule has 0 amide bonds. The summed E-state index contributed by atoms with van der Waals surface area (Å²) in [6.45, 7) is 0. The van der Waals surface area contributed by atoms with Crippen molar-refractivity contribution in [2.24, 2.45) is 0 Å². The van der Waals surface area contributed by atoms with Gasteiger partial charge in [-0.2, -0.15) is 5.10 Å². The first kappa shape index (κ1) is 15.4. The highest BCUT2D eigenvalue weighted by Gasteiger charge is 2.13. The zero-order valence-corrected chi connectivity index (χ0v) is 14.1. The number of rotatable bonds is 4. The van der Waals surface area contributed by atoms with E-state index in [1.807, 2.05) is 30.3 Å². The molecule has 2 heterocycles. The third-order valence-corrected chi connectivity index (χ3v) is 4.02. The Labute approximate surface area is 149 Å². The summed E-state index contributed by atoms with van der Waals surface area (Å²) in [5.41, 5.74) is 2.37. The SMILES string of the molecule is COc1ccc(Cl)cc1Nc1ncnc2c1cnn2-c1ccccc1. The van der Waals surface area contributed by atoms with E-state index in [9.17, 15) is 0 Å². The quantitative estimate of drug-likeness (QED) is 0.596. The summed E-state index contributed by atoms with van der Waals surface area (Å²) in [4.78, 5) is 8.71. The predicted octanol–water partition coefficient (Wildman–Crippen LogP) is 4.22. The van der Waals surface area contributed by atoms with Gasteiger partial charge in [-0.3, -0.25) is 0 Å². The van der Waals surface area contributed by atoms with Crippen LogP contribution < -0.4 is 10.1 Å². The molecule has 0 unspecified atom stereocenters. The van der Waals surface area contributed by atoms with Crippen molar-refractivity contribution < 1.29 is 4.74 Å². The average Bonchev–Trinajstić information content (AvgIpc) is 3.08. The van der Waals surface area contributed by atoms with Crippen molar-refractivity contribution in [1.29, 1.82) is 0 Å². The normalized spacial score (nSPS) is 10.8. The smallest absolute Gasteiger partial charge is 0.168 e. The first-order chi connectivity index (χ1) is 12.3. The van der Waals surface area contributed by atoms with Crippen LogP contribution in [0.25, 0.3) is 16.7 Å². The third-order valence-electron chi connectivity index (χ3n) is 3.78. The average molecular weight is 352 g/mol. The van der Waals surface area contributed by atoms with Gasteiger partial charge >= 0.3 is 0 Å². The van der Waals surface area contributed by atoms with Crippen molar-refractivity contribution >= 4 is 34.1 Å². The van der Waals surface area contributed by atoms with E-state index in [2.05, 4.69) is 20.4 Å². The molecule has 0 radical (unpaired) electrons. The number of halogens is 1. The van der Waals surface area contributed by atoms with E-state index in [1.54, 1.807) is 36.2 Å². The highest BCUT2D eigenvalue weighted by atomic mass is 35.5. The molecule has 7 heteroatoms. The van der Waals surface area contributed by atoms with Gasteiger partial charge in [0.05, 0.1) is 30.1 Å². The molecule has 0 aliphatic carbocycles. The van der Waals surface area contributed by atoms with Crippen LogP contribution in [0.3, 0.4) is 0 Å². The van der Waals surface area contributed by atoms with E-state index < -0.39 is 0 Å². The molecule has 4 aromatic rings. The maximum Gasteiger partial charge on any atom is 0.168 e. The minimum atomic E-state index is 0.605. The topological polar surface area (TPSA) is 64.9 Å². The maximum atomic E-state index is 6.10. The fraction of sp³-hybridized carbons (Fsp3) is 0.0556. The van der Waals surface area contributed by atoms with Gasteiger partial charge < -0.3 is 10.1 Å². The second-order valence-electron chi connectivity index (χ2n) is 5.32. The van der Waals surface area contributed by atoms with Crippen molar-refractivity contribution in [3.8, 4) is 11.4 Å². The van der Waals surface area contributed by atoms with E-state index >= 15 is 0 Å². The second kappa shape index (κ2) is 6.41. The number of benzene rings is 2. The number of ether oxygens (including phenoxy) is 1. The van der Waals surface area contributed by atoms with Crippen molar-refractivity contribution in [1.82, 2.24) is 19.7 Å². The van der Waals surface area contributed by atoms with E-state index in [-0.39, 0.29) is 0 Å². The highest BCUT2D eigenvalue weighted by molar-refractivity contribution is 6.31. The Hall–Kier alpha value is -3.12. The number of hydrogen-bond acceptors (Lipinski definition) is 5. The molecule has 0 saturated carbocycles. The van der Waals surface area contributed by atoms with Crippen LogP contribution >= 0.6 is 11.6 Å². The Morgan fingerprint density at radius 3 is 2.72 bits per heavy atom. The Morgan fingerprint density at radius 2 is 1.92 bits per heavy atom. The zero-order valence-electron chi connectivity index (χ0n) is 13.3. The van der Waals surface area contributed by atoms with Crippen LogP contribution in [-0.4, -0.2) is 26.9 Å². The highest BCUT2D eigenvalue weighted by Crippen LogP contribution is 2.32. The number of methoxy groups -OCH3 is 1. The third kappa shape index (κ3) is 2.88.